The lowest BCUT2D eigenvalue weighted by Crippen LogP contribution is -2.42. The topological polar surface area (TPSA) is 75.6 Å². The van der Waals surface area contributed by atoms with Gasteiger partial charge < -0.3 is 9.84 Å². The molecule has 2 unspecified atom stereocenters. The van der Waals surface area contributed by atoms with Gasteiger partial charge in [0.1, 0.15) is 5.75 Å². The van der Waals surface area contributed by atoms with Crippen molar-refractivity contribution in [3.05, 3.63) is 29.8 Å². The number of hydrogen-bond donors (Lipinski definition) is 2. The van der Waals surface area contributed by atoms with Gasteiger partial charge in [-0.3, -0.25) is 0 Å². The van der Waals surface area contributed by atoms with E-state index in [-0.39, 0.29) is 0 Å². The highest BCUT2D eigenvalue weighted by Crippen LogP contribution is 2.37. The van der Waals surface area contributed by atoms with Crippen LogP contribution in [-0.4, -0.2) is 26.1 Å². The highest BCUT2D eigenvalue weighted by molar-refractivity contribution is 7.84. The van der Waals surface area contributed by atoms with Crippen LogP contribution in [0, 0.1) is 0 Å². The van der Waals surface area contributed by atoms with E-state index in [4.69, 9.17) is 4.74 Å². The number of rotatable bonds is 3. The van der Waals surface area contributed by atoms with Gasteiger partial charge in [-0.2, -0.15) is 0 Å². The zero-order chi connectivity index (χ0) is 14.2. The van der Waals surface area contributed by atoms with E-state index in [9.17, 15) is 14.1 Å². The average molecular weight is 283 g/mol. The fraction of sp³-hybridized carbons (Fsp3) is 0.462. The molecule has 0 bridgehead atoms. The molecule has 3 atom stereocenters. The third kappa shape index (κ3) is 2.79. The van der Waals surface area contributed by atoms with E-state index in [1.807, 2.05) is 20.8 Å². The van der Waals surface area contributed by atoms with Crippen molar-refractivity contribution in [3.63, 3.8) is 0 Å². The number of aliphatic carboxylic acids is 1. The molecule has 0 aromatic heterocycles. The molecule has 5 nitrogen and oxygen atoms in total. The second kappa shape index (κ2) is 4.94. The second-order valence-electron chi connectivity index (χ2n) is 5.39. The number of para-hydroxylation sites is 1. The molecule has 6 heteroatoms. The number of hydrogen-bond acceptors (Lipinski definition) is 3. The molecule has 0 fully saturated rings. The Morgan fingerprint density at radius 3 is 2.58 bits per heavy atom. The van der Waals surface area contributed by atoms with Crippen molar-refractivity contribution < 1.29 is 18.8 Å². The van der Waals surface area contributed by atoms with Crippen LogP contribution in [0.3, 0.4) is 0 Å². The first-order chi connectivity index (χ1) is 8.80. The Morgan fingerprint density at radius 2 is 2.00 bits per heavy atom. The molecule has 0 spiro atoms. The molecule has 1 aromatic carbocycles. The van der Waals surface area contributed by atoms with E-state index < -0.39 is 33.8 Å². The summed E-state index contributed by atoms with van der Waals surface area (Å²) >= 11 is 0. The van der Waals surface area contributed by atoms with Crippen molar-refractivity contribution in [2.24, 2.45) is 0 Å². The number of carbonyl (C=O) groups is 1. The predicted octanol–water partition coefficient (Wildman–Crippen LogP) is 1.63. The standard InChI is InChI=1S/C13H17NO4S/c1-13(2,3)19(17)14-10-8-6-4-5-7-9(8)18-11(10)12(15)16/h4-7,10-11,14H,1-3H3,(H,15,16)/t10?,11?,19-/m0/s1. The Bertz CT molecular complexity index is 524. The maximum absolute atomic E-state index is 12.2. The van der Waals surface area contributed by atoms with Crippen LogP contribution in [0.1, 0.15) is 32.4 Å². The summed E-state index contributed by atoms with van der Waals surface area (Å²) in [4.78, 5) is 11.2. The van der Waals surface area contributed by atoms with Gasteiger partial charge in [0.15, 0.2) is 0 Å². The van der Waals surface area contributed by atoms with Crippen molar-refractivity contribution >= 4 is 17.0 Å². The lowest BCUT2D eigenvalue weighted by Gasteiger charge is -2.23. The van der Waals surface area contributed by atoms with Crippen LogP contribution in [0.5, 0.6) is 5.75 Å². The van der Waals surface area contributed by atoms with Crippen LogP contribution in [-0.2, 0) is 15.8 Å². The molecule has 0 saturated heterocycles. The van der Waals surface area contributed by atoms with Crippen LogP contribution in [0.25, 0.3) is 0 Å². The first-order valence-corrected chi connectivity index (χ1v) is 7.12. The Balaban J connectivity index is 2.30. The minimum atomic E-state index is -1.37. The van der Waals surface area contributed by atoms with Gasteiger partial charge in [0.25, 0.3) is 0 Å². The minimum absolute atomic E-state index is 0.472. The maximum atomic E-state index is 12.2. The number of fused-ring (bicyclic) bond motifs is 1. The van der Waals surface area contributed by atoms with Gasteiger partial charge in [-0.25, -0.2) is 13.7 Å². The lowest BCUT2D eigenvalue weighted by atomic mass is 10.1. The van der Waals surface area contributed by atoms with E-state index in [1.54, 1.807) is 24.3 Å². The Hall–Kier alpha value is -1.40. The van der Waals surface area contributed by atoms with E-state index >= 15 is 0 Å². The molecular weight excluding hydrogens is 266 g/mol. The van der Waals surface area contributed by atoms with Crippen LogP contribution in [0.15, 0.2) is 24.3 Å². The normalized spacial score (nSPS) is 23.5. The van der Waals surface area contributed by atoms with Gasteiger partial charge in [-0.1, -0.05) is 18.2 Å². The summed E-state index contributed by atoms with van der Waals surface area (Å²) in [6.45, 7) is 5.48. The van der Waals surface area contributed by atoms with Crippen LogP contribution in [0.4, 0.5) is 0 Å². The molecule has 1 aliphatic heterocycles. The summed E-state index contributed by atoms with van der Waals surface area (Å²) < 4.78 is 19.9. The molecule has 1 aliphatic rings. The molecule has 2 rings (SSSR count). The van der Waals surface area contributed by atoms with Gasteiger partial charge in [0, 0.05) is 5.56 Å². The predicted molar refractivity (Wildman–Crippen MR) is 72.3 cm³/mol. The summed E-state index contributed by atoms with van der Waals surface area (Å²) in [6, 6.07) is 6.49. The van der Waals surface area contributed by atoms with Crippen LogP contribution >= 0.6 is 0 Å². The zero-order valence-corrected chi connectivity index (χ0v) is 11.9. The van der Waals surface area contributed by atoms with Gasteiger partial charge in [-0.05, 0) is 26.8 Å². The molecule has 19 heavy (non-hydrogen) atoms. The fourth-order valence-electron chi connectivity index (χ4n) is 1.82. The number of benzene rings is 1. The zero-order valence-electron chi connectivity index (χ0n) is 11.0. The summed E-state index contributed by atoms with van der Waals surface area (Å²) in [5.41, 5.74) is 0.729. The smallest absolute Gasteiger partial charge is 0.346 e. The van der Waals surface area contributed by atoms with Crippen molar-refractivity contribution in [3.8, 4) is 5.75 Å². The molecule has 0 radical (unpaired) electrons. The molecule has 1 aromatic rings. The quantitative estimate of drug-likeness (QED) is 0.884. The van der Waals surface area contributed by atoms with E-state index in [2.05, 4.69) is 4.72 Å². The Kier molecular flexibility index (Phi) is 3.64. The molecule has 1 heterocycles. The highest BCUT2D eigenvalue weighted by atomic mass is 32.2. The Morgan fingerprint density at radius 1 is 1.37 bits per heavy atom. The average Bonchev–Trinajstić information content (AvgIpc) is 2.67. The third-order valence-electron chi connectivity index (χ3n) is 2.84. The second-order valence-corrected chi connectivity index (χ2v) is 7.39. The largest absolute Gasteiger partial charge is 0.478 e. The first-order valence-electron chi connectivity index (χ1n) is 5.97. The fourth-order valence-corrected chi connectivity index (χ4v) is 2.66. The number of carboxylic acids is 1. The summed E-state index contributed by atoms with van der Waals surface area (Å²) in [7, 11) is -1.37. The summed E-state index contributed by atoms with van der Waals surface area (Å²) in [5, 5.41) is 9.21. The van der Waals surface area contributed by atoms with Gasteiger partial charge in [0.05, 0.1) is 21.8 Å². The van der Waals surface area contributed by atoms with E-state index in [0.717, 1.165) is 5.56 Å². The van der Waals surface area contributed by atoms with Crippen LogP contribution in [0.2, 0.25) is 0 Å². The van der Waals surface area contributed by atoms with Crippen molar-refractivity contribution in [1.82, 2.24) is 4.72 Å². The molecule has 0 amide bonds. The van der Waals surface area contributed by atoms with Gasteiger partial charge in [-0.15, -0.1) is 0 Å². The Labute approximate surface area is 114 Å². The maximum Gasteiger partial charge on any atom is 0.346 e. The molecular formula is C13H17NO4S. The SMILES string of the molecule is CC(C)(C)[S@](=O)NC1c2ccccc2OC1C(=O)O. The van der Waals surface area contributed by atoms with Gasteiger partial charge in [0.2, 0.25) is 6.10 Å². The third-order valence-corrected chi connectivity index (χ3v) is 4.42. The summed E-state index contributed by atoms with van der Waals surface area (Å²) in [6.07, 6.45) is -1.05. The van der Waals surface area contributed by atoms with E-state index in [0.29, 0.717) is 5.75 Å². The van der Waals surface area contributed by atoms with Crippen molar-refractivity contribution in [1.29, 1.82) is 0 Å². The number of carboxylic acid groups (broad SMARTS) is 1. The van der Waals surface area contributed by atoms with Crippen LogP contribution < -0.4 is 9.46 Å². The van der Waals surface area contributed by atoms with E-state index in [1.165, 1.54) is 0 Å². The number of ether oxygens (including phenoxy) is 1. The molecule has 0 aliphatic carbocycles. The monoisotopic (exact) mass is 283 g/mol. The molecule has 2 N–H and O–H groups in total. The first kappa shape index (κ1) is 14.0. The lowest BCUT2D eigenvalue weighted by molar-refractivity contribution is -0.145. The summed E-state index contributed by atoms with van der Waals surface area (Å²) in [5.74, 6) is -0.544. The van der Waals surface area contributed by atoms with Crippen molar-refractivity contribution in [2.75, 3.05) is 0 Å². The van der Waals surface area contributed by atoms with Crippen molar-refractivity contribution in [2.45, 2.75) is 37.7 Å². The molecule has 104 valence electrons. The minimum Gasteiger partial charge on any atom is -0.478 e. The number of nitrogens with one attached hydrogen (secondary N) is 1. The van der Waals surface area contributed by atoms with Gasteiger partial charge >= 0.3 is 5.97 Å². The molecule has 0 saturated carbocycles. The highest BCUT2D eigenvalue weighted by Gasteiger charge is 2.41.